The van der Waals surface area contributed by atoms with Crippen LogP contribution in [0.15, 0.2) is 40.6 Å². The van der Waals surface area contributed by atoms with E-state index in [1.165, 1.54) is 18.2 Å². The molecular weight excluding hydrogens is 372 g/mol. The van der Waals surface area contributed by atoms with Crippen LogP contribution in [-0.2, 0) is 10.0 Å². The fraction of sp³-hybridized carbons (Fsp3) is 0.389. The Bertz CT molecular complexity index is 852. The molecule has 26 heavy (non-hydrogen) atoms. The first-order valence-corrected chi connectivity index (χ1v) is 11.0. The summed E-state index contributed by atoms with van der Waals surface area (Å²) >= 11 is 1.09. The SMILES string of the molecule is O=C(Nc1ccc(O)cc1)c1sccc1S(=O)(=O)NC1CCCCCC1. The van der Waals surface area contributed by atoms with E-state index in [2.05, 4.69) is 10.0 Å². The Morgan fingerprint density at radius 2 is 1.69 bits per heavy atom. The van der Waals surface area contributed by atoms with Gasteiger partial charge in [-0.2, -0.15) is 0 Å². The fourth-order valence-electron chi connectivity index (χ4n) is 3.09. The number of hydrogen-bond donors (Lipinski definition) is 3. The summed E-state index contributed by atoms with van der Waals surface area (Å²) in [6, 6.07) is 7.41. The normalized spacial score (nSPS) is 16.2. The van der Waals surface area contributed by atoms with E-state index in [4.69, 9.17) is 0 Å². The molecule has 8 heteroatoms. The third kappa shape index (κ3) is 4.63. The minimum absolute atomic E-state index is 0.0167. The molecule has 1 aliphatic carbocycles. The lowest BCUT2D eigenvalue weighted by Crippen LogP contribution is -2.35. The van der Waals surface area contributed by atoms with Gasteiger partial charge in [-0.3, -0.25) is 4.79 Å². The maximum Gasteiger partial charge on any atom is 0.267 e. The molecule has 0 atom stereocenters. The summed E-state index contributed by atoms with van der Waals surface area (Å²) in [7, 11) is -3.75. The number of carbonyl (C=O) groups is 1. The Hall–Kier alpha value is -1.90. The van der Waals surface area contributed by atoms with E-state index >= 15 is 0 Å². The predicted octanol–water partition coefficient (Wildman–Crippen LogP) is 3.71. The van der Waals surface area contributed by atoms with Crippen molar-refractivity contribution in [2.24, 2.45) is 0 Å². The number of amides is 1. The topological polar surface area (TPSA) is 95.5 Å². The molecule has 1 fully saturated rings. The number of thiophene rings is 1. The lowest BCUT2D eigenvalue weighted by atomic mass is 10.1. The van der Waals surface area contributed by atoms with Gasteiger partial charge in [0, 0.05) is 11.7 Å². The van der Waals surface area contributed by atoms with Gasteiger partial charge in [0.2, 0.25) is 10.0 Å². The van der Waals surface area contributed by atoms with Crippen LogP contribution < -0.4 is 10.0 Å². The van der Waals surface area contributed by atoms with Crippen molar-refractivity contribution in [1.82, 2.24) is 4.72 Å². The van der Waals surface area contributed by atoms with E-state index in [0.717, 1.165) is 49.9 Å². The van der Waals surface area contributed by atoms with E-state index < -0.39 is 15.9 Å². The van der Waals surface area contributed by atoms with Crippen LogP contribution in [0.25, 0.3) is 0 Å². The van der Waals surface area contributed by atoms with Crippen LogP contribution in [0.1, 0.15) is 48.2 Å². The van der Waals surface area contributed by atoms with Gasteiger partial charge in [0.15, 0.2) is 0 Å². The lowest BCUT2D eigenvalue weighted by Gasteiger charge is -2.16. The number of sulfonamides is 1. The molecule has 0 saturated heterocycles. The van der Waals surface area contributed by atoms with Crippen LogP contribution in [0.4, 0.5) is 5.69 Å². The van der Waals surface area contributed by atoms with Crippen molar-refractivity contribution in [1.29, 1.82) is 0 Å². The number of aromatic hydroxyl groups is 1. The van der Waals surface area contributed by atoms with Gasteiger partial charge in [-0.1, -0.05) is 25.7 Å². The highest BCUT2D eigenvalue weighted by molar-refractivity contribution is 7.89. The van der Waals surface area contributed by atoms with Crippen molar-refractivity contribution < 1.29 is 18.3 Å². The number of phenols is 1. The number of rotatable bonds is 5. The van der Waals surface area contributed by atoms with Crippen LogP contribution in [0, 0.1) is 0 Å². The standard InChI is InChI=1S/C18H22N2O4S2/c21-15-9-7-13(8-10-15)19-18(22)17-16(11-12-25-17)26(23,24)20-14-5-3-1-2-4-6-14/h7-12,14,20-21H,1-6H2,(H,19,22). The number of phenolic OH excluding ortho intramolecular Hbond substituents is 1. The van der Waals surface area contributed by atoms with Crippen LogP contribution in [-0.4, -0.2) is 25.5 Å². The second-order valence-corrected chi connectivity index (χ2v) is 9.02. The molecule has 6 nitrogen and oxygen atoms in total. The molecule has 140 valence electrons. The van der Waals surface area contributed by atoms with Crippen molar-refractivity contribution in [3.05, 3.63) is 40.6 Å². The Morgan fingerprint density at radius 3 is 2.35 bits per heavy atom. The molecule has 0 spiro atoms. The highest BCUT2D eigenvalue weighted by Crippen LogP contribution is 2.26. The Balaban J connectivity index is 1.75. The summed E-state index contributed by atoms with van der Waals surface area (Å²) in [5.74, 6) is -0.387. The molecule has 1 aromatic heterocycles. The molecule has 0 unspecified atom stereocenters. The van der Waals surface area contributed by atoms with Gasteiger partial charge in [0.1, 0.15) is 15.5 Å². The number of hydrogen-bond acceptors (Lipinski definition) is 5. The Kier molecular flexibility index (Phi) is 5.95. The Labute approximate surface area is 157 Å². The summed E-state index contributed by atoms with van der Waals surface area (Å²) in [6.07, 6.45) is 5.97. The summed E-state index contributed by atoms with van der Waals surface area (Å²) in [6.45, 7) is 0. The van der Waals surface area contributed by atoms with E-state index in [0.29, 0.717) is 5.69 Å². The molecule has 0 radical (unpaired) electrons. The molecule has 3 rings (SSSR count). The maximum absolute atomic E-state index is 12.8. The number of anilines is 1. The van der Waals surface area contributed by atoms with Crippen molar-refractivity contribution >= 4 is 33.0 Å². The van der Waals surface area contributed by atoms with Crippen molar-refractivity contribution in [2.45, 2.75) is 49.5 Å². The third-order valence-corrected chi connectivity index (χ3v) is 7.03. The van der Waals surface area contributed by atoms with Gasteiger partial charge in [0.25, 0.3) is 5.91 Å². The van der Waals surface area contributed by atoms with Crippen molar-refractivity contribution in [2.75, 3.05) is 5.32 Å². The summed E-state index contributed by atoms with van der Waals surface area (Å²) in [4.78, 5) is 12.7. The van der Waals surface area contributed by atoms with E-state index in [1.54, 1.807) is 17.5 Å². The van der Waals surface area contributed by atoms with Crippen LogP contribution in [0.3, 0.4) is 0 Å². The first-order valence-electron chi connectivity index (χ1n) is 8.66. The summed E-state index contributed by atoms with van der Waals surface area (Å²) in [5.41, 5.74) is 0.487. The molecule has 0 bridgehead atoms. The molecule has 1 saturated carbocycles. The van der Waals surface area contributed by atoms with Crippen LogP contribution in [0.5, 0.6) is 5.75 Å². The summed E-state index contributed by atoms with van der Waals surface area (Å²) in [5, 5.41) is 13.6. The third-order valence-electron chi connectivity index (χ3n) is 4.43. The second kappa shape index (κ2) is 8.20. The zero-order chi connectivity index (χ0) is 18.6. The zero-order valence-electron chi connectivity index (χ0n) is 14.3. The van der Waals surface area contributed by atoms with E-state index in [-0.39, 0.29) is 21.6 Å². The molecule has 1 aliphatic rings. The first-order chi connectivity index (χ1) is 12.5. The van der Waals surface area contributed by atoms with Gasteiger partial charge in [-0.05, 0) is 48.6 Å². The zero-order valence-corrected chi connectivity index (χ0v) is 15.9. The molecule has 1 amide bonds. The molecule has 2 aromatic rings. The van der Waals surface area contributed by atoms with E-state index in [1.807, 2.05) is 0 Å². The molecule has 0 aliphatic heterocycles. The lowest BCUT2D eigenvalue weighted by molar-refractivity contribution is 0.102. The second-order valence-electron chi connectivity index (χ2n) is 6.42. The van der Waals surface area contributed by atoms with Gasteiger partial charge in [-0.15, -0.1) is 11.3 Å². The average molecular weight is 395 g/mol. The smallest absolute Gasteiger partial charge is 0.267 e. The number of carbonyl (C=O) groups excluding carboxylic acids is 1. The van der Waals surface area contributed by atoms with Crippen molar-refractivity contribution in [3.8, 4) is 5.75 Å². The van der Waals surface area contributed by atoms with Gasteiger partial charge < -0.3 is 10.4 Å². The quantitative estimate of drug-likeness (QED) is 0.532. The molecular formula is C18H22N2O4S2. The molecule has 1 aromatic carbocycles. The fourth-order valence-corrected chi connectivity index (χ4v) is 5.71. The minimum atomic E-state index is -3.75. The monoisotopic (exact) mass is 394 g/mol. The minimum Gasteiger partial charge on any atom is -0.508 e. The highest BCUT2D eigenvalue weighted by Gasteiger charge is 2.27. The first kappa shape index (κ1) is 18.9. The number of nitrogens with one attached hydrogen (secondary N) is 2. The largest absolute Gasteiger partial charge is 0.508 e. The average Bonchev–Trinajstić information content (AvgIpc) is 2.98. The van der Waals surface area contributed by atoms with Gasteiger partial charge in [0.05, 0.1) is 0 Å². The molecule has 1 heterocycles. The van der Waals surface area contributed by atoms with Gasteiger partial charge >= 0.3 is 0 Å². The number of benzene rings is 1. The maximum atomic E-state index is 12.8. The van der Waals surface area contributed by atoms with Gasteiger partial charge in [-0.25, -0.2) is 13.1 Å². The predicted molar refractivity (Wildman–Crippen MR) is 102 cm³/mol. The van der Waals surface area contributed by atoms with E-state index in [9.17, 15) is 18.3 Å². The summed E-state index contributed by atoms with van der Waals surface area (Å²) < 4.78 is 28.3. The van der Waals surface area contributed by atoms with Crippen LogP contribution in [0.2, 0.25) is 0 Å². The Morgan fingerprint density at radius 1 is 1.04 bits per heavy atom. The molecule has 3 N–H and O–H groups in total. The van der Waals surface area contributed by atoms with Crippen molar-refractivity contribution in [3.63, 3.8) is 0 Å². The van der Waals surface area contributed by atoms with Crippen LogP contribution >= 0.6 is 11.3 Å². The highest BCUT2D eigenvalue weighted by atomic mass is 32.2.